The van der Waals surface area contributed by atoms with Crippen LogP contribution in [0, 0.1) is 0 Å². The Morgan fingerprint density at radius 3 is 1.82 bits per heavy atom. The normalized spacial score (nSPS) is 20.4. The van der Waals surface area contributed by atoms with Crippen molar-refractivity contribution < 1.29 is 0 Å². The second-order valence-corrected chi connectivity index (χ2v) is 5.84. The van der Waals surface area contributed by atoms with Gasteiger partial charge in [-0.25, -0.2) is 0 Å². The molecule has 2 atom stereocenters. The van der Waals surface area contributed by atoms with Gasteiger partial charge in [0.2, 0.25) is 0 Å². The van der Waals surface area contributed by atoms with Gasteiger partial charge in [-0.05, 0) is 22.3 Å². The van der Waals surface area contributed by atoms with Crippen LogP contribution in [0.4, 0.5) is 0 Å². The molecule has 1 aliphatic heterocycles. The standard InChI is InChI=1S/C21H19N/c1-3-9-16(10-4-1)20-15-22-21(17-11-5-2-6-12-17)19-14-8-7-13-18(19)20/h1-14,20-22H,15H2/t20-,21+/m0/s1. The third-order valence-electron chi connectivity index (χ3n) is 4.54. The molecule has 0 aliphatic carbocycles. The van der Waals surface area contributed by atoms with Gasteiger partial charge in [0, 0.05) is 12.5 Å². The topological polar surface area (TPSA) is 12.0 Å². The van der Waals surface area contributed by atoms with Gasteiger partial charge in [-0.1, -0.05) is 84.9 Å². The molecule has 22 heavy (non-hydrogen) atoms. The highest BCUT2D eigenvalue weighted by Gasteiger charge is 2.28. The van der Waals surface area contributed by atoms with Gasteiger partial charge >= 0.3 is 0 Å². The zero-order valence-electron chi connectivity index (χ0n) is 12.4. The predicted octanol–water partition coefficient (Wildman–Crippen LogP) is 4.51. The van der Waals surface area contributed by atoms with E-state index in [-0.39, 0.29) is 6.04 Å². The van der Waals surface area contributed by atoms with Gasteiger partial charge in [0.1, 0.15) is 0 Å². The fraction of sp³-hybridized carbons (Fsp3) is 0.143. The molecule has 3 aromatic carbocycles. The summed E-state index contributed by atoms with van der Waals surface area (Å²) in [4.78, 5) is 0. The molecule has 1 heterocycles. The second kappa shape index (κ2) is 5.78. The van der Waals surface area contributed by atoms with E-state index in [1.54, 1.807) is 0 Å². The van der Waals surface area contributed by atoms with E-state index in [1.807, 2.05) is 0 Å². The SMILES string of the molecule is c1ccc([C@@H]2CN[C@H](c3ccccc3)c3ccccc32)cc1. The first-order valence-electron chi connectivity index (χ1n) is 7.85. The van der Waals surface area contributed by atoms with Crippen molar-refractivity contribution in [2.75, 3.05) is 6.54 Å². The summed E-state index contributed by atoms with van der Waals surface area (Å²) in [5, 5.41) is 3.74. The Morgan fingerprint density at radius 1 is 0.591 bits per heavy atom. The van der Waals surface area contributed by atoms with E-state index < -0.39 is 0 Å². The van der Waals surface area contributed by atoms with Crippen LogP contribution in [0.25, 0.3) is 0 Å². The molecule has 0 spiro atoms. The first-order chi connectivity index (χ1) is 10.9. The first kappa shape index (κ1) is 13.3. The van der Waals surface area contributed by atoms with Gasteiger partial charge in [-0.2, -0.15) is 0 Å². The second-order valence-electron chi connectivity index (χ2n) is 5.84. The van der Waals surface area contributed by atoms with Crippen LogP contribution >= 0.6 is 0 Å². The number of fused-ring (bicyclic) bond motifs is 1. The minimum absolute atomic E-state index is 0.289. The molecule has 0 radical (unpaired) electrons. The molecule has 0 saturated heterocycles. The van der Waals surface area contributed by atoms with E-state index >= 15 is 0 Å². The number of nitrogens with one attached hydrogen (secondary N) is 1. The summed E-state index contributed by atoms with van der Waals surface area (Å²) in [6.45, 7) is 0.973. The lowest BCUT2D eigenvalue weighted by molar-refractivity contribution is 0.531. The Balaban J connectivity index is 1.79. The van der Waals surface area contributed by atoms with Gasteiger partial charge in [-0.15, -0.1) is 0 Å². The molecule has 1 heteroatoms. The van der Waals surface area contributed by atoms with Gasteiger partial charge in [0.25, 0.3) is 0 Å². The molecule has 4 rings (SSSR count). The Labute approximate surface area is 131 Å². The Morgan fingerprint density at radius 2 is 1.14 bits per heavy atom. The van der Waals surface area contributed by atoms with Crippen LogP contribution < -0.4 is 5.32 Å². The highest BCUT2D eigenvalue weighted by molar-refractivity contribution is 5.45. The molecule has 3 aromatic rings. The van der Waals surface area contributed by atoms with Crippen LogP contribution in [0.3, 0.4) is 0 Å². The smallest absolute Gasteiger partial charge is 0.0579 e. The van der Waals surface area contributed by atoms with E-state index in [9.17, 15) is 0 Å². The van der Waals surface area contributed by atoms with Crippen molar-refractivity contribution in [1.29, 1.82) is 0 Å². The summed E-state index contributed by atoms with van der Waals surface area (Å²) in [6, 6.07) is 30.6. The zero-order valence-corrected chi connectivity index (χ0v) is 12.4. The molecule has 1 aliphatic rings. The monoisotopic (exact) mass is 285 g/mol. The predicted molar refractivity (Wildman–Crippen MR) is 91.0 cm³/mol. The fourth-order valence-corrected chi connectivity index (χ4v) is 3.47. The van der Waals surface area contributed by atoms with Crippen LogP contribution in [0.2, 0.25) is 0 Å². The lowest BCUT2D eigenvalue weighted by Gasteiger charge is -2.33. The summed E-state index contributed by atoms with van der Waals surface area (Å²) in [6.07, 6.45) is 0. The molecular formula is C21H19N. The molecule has 1 N–H and O–H groups in total. The fourth-order valence-electron chi connectivity index (χ4n) is 3.47. The molecular weight excluding hydrogens is 266 g/mol. The third kappa shape index (κ3) is 2.34. The lowest BCUT2D eigenvalue weighted by Crippen LogP contribution is -2.34. The summed E-state index contributed by atoms with van der Waals surface area (Å²) in [5.41, 5.74) is 5.56. The summed E-state index contributed by atoms with van der Waals surface area (Å²) < 4.78 is 0. The maximum atomic E-state index is 3.74. The average molecular weight is 285 g/mol. The molecule has 0 bridgehead atoms. The molecule has 0 aromatic heterocycles. The molecule has 0 fully saturated rings. The van der Waals surface area contributed by atoms with Gasteiger partial charge < -0.3 is 5.32 Å². The van der Waals surface area contributed by atoms with Crippen LogP contribution in [0.1, 0.15) is 34.2 Å². The highest BCUT2D eigenvalue weighted by Crippen LogP contribution is 2.36. The van der Waals surface area contributed by atoms with Gasteiger partial charge in [0.15, 0.2) is 0 Å². The van der Waals surface area contributed by atoms with Crippen LogP contribution in [0.15, 0.2) is 84.9 Å². The summed E-state index contributed by atoms with van der Waals surface area (Å²) in [5.74, 6) is 0.428. The number of benzene rings is 3. The molecule has 0 unspecified atom stereocenters. The van der Waals surface area contributed by atoms with Crippen LogP contribution in [-0.4, -0.2) is 6.54 Å². The van der Waals surface area contributed by atoms with E-state index in [0.717, 1.165) is 6.54 Å². The van der Waals surface area contributed by atoms with E-state index in [0.29, 0.717) is 5.92 Å². The average Bonchev–Trinajstić information content (AvgIpc) is 2.62. The van der Waals surface area contributed by atoms with Crippen LogP contribution in [0.5, 0.6) is 0 Å². The number of rotatable bonds is 2. The van der Waals surface area contributed by atoms with Gasteiger partial charge in [-0.3, -0.25) is 0 Å². The maximum Gasteiger partial charge on any atom is 0.0579 e. The number of hydrogen-bond acceptors (Lipinski definition) is 1. The van der Waals surface area contributed by atoms with Crippen molar-refractivity contribution in [3.8, 4) is 0 Å². The van der Waals surface area contributed by atoms with E-state index in [4.69, 9.17) is 0 Å². The molecule has 108 valence electrons. The summed E-state index contributed by atoms with van der Waals surface area (Å²) >= 11 is 0. The Bertz CT molecular complexity index is 683. The van der Waals surface area contributed by atoms with E-state index in [1.165, 1.54) is 22.3 Å². The van der Waals surface area contributed by atoms with Crippen molar-refractivity contribution in [3.05, 3.63) is 107 Å². The molecule has 0 saturated carbocycles. The van der Waals surface area contributed by atoms with Crippen molar-refractivity contribution in [2.24, 2.45) is 0 Å². The van der Waals surface area contributed by atoms with Gasteiger partial charge in [0.05, 0.1) is 6.04 Å². The van der Waals surface area contributed by atoms with Crippen molar-refractivity contribution >= 4 is 0 Å². The van der Waals surface area contributed by atoms with Crippen molar-refractivity contribution in [1.82, 2.24) is 5.32 Å². The van der Waals surface area contributed by atoms with Crippen LogP contribution in [-0.2, 0) is 0 Å². The van der Waals surface area contributed by atoms with E-state index in [2.05, 4.69) is 90.2 Å². The summed E-state index contributed by atoms with van der Waals surface area (Å²) in [7, 11) is 0. The highest BCUT2D eigenvalue weighted by atomic mass is 14.9. The first-order valence-corrected chi connectivity index (χ1v) is 7.85. The quantitative estimate of drug-likeness (QED) is 0.730. The van der Waals surface area contributed by atoms with Crippen molar-refractivity contribution in [3.63, 3.8) is 0 Å². The third-order valence-corrected chi connectivity index (χ3v) is 4.54. The molecule has 1 nitrogen and oxygen atoms in total. The Kier molecular flexibility index (Phi) is 3.49. The van der Waals surface area contributed by atoms with Crippen molar-refractivity contribution in [2.45, 2.75) is 12.0 Å². The lowest BCUT2D eigenvalue weighted by atomic mass is 9.81. The minimum Gasteiger partial charge on any atom is -0.305 e. The molecule has 0 amide bonds. The number of hydrogen-bond donors (Lipinski definition) is 1. The Hall–Kier alpha value is -2.38. The minimum atomic E-state index is 0.289. The zero-order chi connectivity index (χ0) is 14.8. The maximum absolute atomic E-state index is 3.74. The largest absolute Gasteiger partial charge is 0.305 e.